The SMILES string of the molecule is CCCCCCCCC/C=C/CC/C=C/CC/C=C/C(O)C(COC1OC(CO)C(O)C(OS(=O)(=O)O)C1O)NC(=O)C(O)CCCCCCCC/C=C\CCCCCCCCCCC. The Labute approximate surface area is 394 Å². The number of rotatable bonds is 43. The van der Waals surface area contributed by atoms with Crippen molar-refractivity contribution in [2.75, 3.05) is 13.2 Å². The van der Waals surface area contributed by atoms with Gasteiger partial charge in [-0.05, 0) is 70.6 Å². The molecule has 14 heteroatoms. The van der Waals surface area contributed by atoms with E-state index >= 15 is 0 Å². The van der Waals surface area contributed by atoms with Crippen molar-refractivity contribution in [3.05, 3.63) is 48.6 Å². The van der Waals surface area contributed by atoms with Gasteiger partial charge in [-0.25, -0.2) is 4.18 Å². The van der Waals surface area contributed by atoms with Crippen LogP contribution < -0.4 is 5.32 Å². The molecule has 0 aromatic heterocycles. The molecule has 0 spiro atoms. The van der Waals surface area contributed by atoms with Crippen molar-refractivity contribution in [3.8, 4) is 0 Å². The van der Waals surface area contributed by atoms with Crippen molar-refractivity contribution in [3.63, 3.8) is 0 Å². The topological polar surface area (TPSA) is 212 Å². The molecule has 7 N–H and O–H groups in total. The Morgan fingerprint density at radius 2 is 1.03 bits per heavy atom. The van der Waals surface area contributed by atoms with Crippen molar-refractivity contribution in [2.24, 2.45) is 0 Å². The molecule has 0 aromatic rings. The first-order valence-corrected chi connectivity index (χ1v) is 27.0. The van der Waals surface area contributed by atoms with Gasteiger partial charge in [0.2, 0.25) is 5.91 Å². The van der Waals surface area contributed by atoms with Crippen LogP contribution in [0.1, 0.15) is 206 Å². The van der Waals surface area contributed by atoms with Gasteiger partial charge in [0, 0.05) is 0 Å². The van der Waals surface area contributed by atoms with E-state index in [4.69, 9.17) is 9.47 Å². The number of amides is 1. The van der Waals surface area contributed by atoms with Crippen molar-refractivity contribution in [2.45, 2.75) is 255 Å². The van der Waals surface area contributed by atoms with Crippen LogP contribution in [0.15, 0.2) is 48.6 Å². The van der Waals surface area contributed by atoms with Gasteiger partial charge in [-0.2, -0.15) is 8.42 Å². The molecule has 0 aromatic carbocycles. The van der Waals surface area contributed by atoms with Crippen molar-refractivity contribution in [1.82, 2.24) is 5.32 Å². The first-order valence-electron chi connectivity index (χ1n) is 25.6. The molecule has 8 atom stereocenters. The third-order valence-corrected chi connectivity index (χ3v) is 12.4. The van der Waals surface area contributed by atoms with Crippen LogP contribution in [0.2, 0.25) is 0 Å². The van der Waals surface area contributed by atoms with Gasteiger partial charge in [0.15, 0.2) is 6.29 Å². The van der Waals surface area contributed by atoms with Gasteiger partial charge in [0.05, 0.1) is 25.4 Å². The maximum Gasteiger partial charge on any atom is 0.397 e. The van der Waals surface area contributed by atoms with Crippen molar-refractivity contribution < 1.29 is 57.0 Å². The highest BCUT2D eigenvalue weighted by Crippen LogP contribution is 2.26. The second-order valence-electron chi connectivity index (χ2n) is 17.9. The second kappa shape index (κ2) is 41.0. The smallest absolute Gasteiger partial charge is 0.394 e. The zero-order valence-electron chi connectivity index (χ0n) is 40.4. The molecule has 0 radical (unpaired) electrons. The van der Waals surface area contributed by atoms with Gasteiger partial charge in [0.1, 0.15) is 30.5 Å². The number of aliphatic hydroxyl groups excluding tert-OH is 5. The summed E-state index contributed by atoms with van der Waals surface area (Å²) < 4.78 is 47.6. The maximum atomic E-state index is 13.1. The lowest BCUT2D eigenvalue weighted by molar-refractivity contribution is -0.298. The Balaban J connectivity index is 2.56. The van der Waals surface area contributed by atoms with E-state index < -0.39 is 78.5 Å². The minimum atomic E-state index is -5.13. The van der Waals surface area contributed by atoms with E-state index in [1.165, 1.54) is 109 Å². The monoisotopic (exact) mass is 944 g/mol. The van der Waals surface area contributed by atoms with Crippen LogP contribution >= 0.6 is 0 Å². The summed E-state index contributed by atoms with van der Waals surface area (Å²) in [6, 6.07) is -1.15. The molecule has 65 heavy (non-hydrogen) atoms. The Morgan fingerprint density at radius 3 is 1.48 bits per heavy atom. The number of ether oxygens (including phenoxy) is 2. The molecular formula is C51H93NO12S. The van der Waals surface area contributed by atoms with E-state index in [2.05, 4.69) is 59.8 Å². The van der Waals surface area contributed by atoms with Gasteiger partial charge >= 0.3 is 10.4 Å². The Kier molecular flexibility index (Phi) is 38.5. The molecule has 1 heterocycles. The predicted octanol–water partition coefficient (Wildman–Crippen LogP) is 9.80. The van der Waals surface area contributed by atoms with Crippen LogP contribution in [-0.4, -0.2) is 107 Å². The Hall–Kier alpha value is -1.98. The summed E-state index contributed by atoms with van der Waals surface area (Å²) in [6.07, 6.45) is 39.0. The fourth-order valence-electron chi connectivity index (χ4n) is 7.84. The summed E-state index contributed by atoms with van der Waals surface area (Å²) >= 11 is 0. The van der Waals surface area contributed by atoms with Gasteiger partial charge in [-0.1, -0.05) is 184 Å². The summed E-state index contributed by atoms with van der Waals surface area (Å²) in [6.45, 7) is 3.20. The normalized spacial score (nSPS) is 21.0. The number of aliphatic hydroxyl groups is 5. The second-order valence-corrected chi connectivity index (χ2v) is 18.9. The van der Waals surface area contributed by atoms with E-state index in [0.29, 0.717) is 12.8 Å². The molecule has 1 rings (SSSR count). The first kappa shape index (κ1) is 61.0. The lowest BCUT2D eigenvalue weighted by Crippen LogP contribution is -2.61. The zero-order valence-corrected chi connectivity index (χ0v) is 41.2. The van der Waals surface area contributed by atoms with Gasteiger partial charge < -0.3 is 40.3 Å². The minimum absolute atomic E-state index is 0.226. The molecule has 1 fully saturated rings. The third-order valence-electron chi connectivity index (χ3n) is 11.9. The van der Waals surface area contributed by atoms with E-state index in [9.17, 15) is 43.3 Å². The fraction of sp³-hybridized carbons (Fsp3) is 0.824. The number of nitrogens with one attached hydrogen (secondary N) is 1. The molecule has 1 aliphatic rings. The van der Waals surface area contributed by atoms with E-state index in [1.807, 2.05) is 0 Å². The molecule has 0 bridgehead atoms. The van der Waals surface area contributed by atoms with Crippen molar-refractivity contribution >= 4 is 16.3 Å². The van der Waals surface area contributed by atoms with Crippen LogP contribution in [0.3, 0.4) is 0 Å². The number of carbonyl (C=O) groups is 1. The fourth-order valence-corrected chi connectivity index (χ4v) is 8.35. The quantitative estimate of drug-likeness (QED) is 0.0173. The highest BCUT2D eigenvalue weighted by Gasteiger charge is 2.48. The Bertz CT molecular complexity index is 1360. The van der Waals surface area contributed by atoms with E-state index in [1.54, 1.807) is 6.08 Å². The number of hydrogen-bond donors (Lipinski definition) is 7. The maximum absolute atomic E-state index is 13.1. The standard InChI is InChI=1S/C51H93NO12S/c1-3-5-7-9-11-13-15-17-19-21-22-24-26-28-30-32-34-36-38-40-45(55)50(58)52-43(42-62-51-48(57)49(64-65(59,60)61)47(56)46(41-53)63-51)44(54)39-37-35-33-31-29-27-25-23-20-18-16-14-12-10-8-6-4-2/h20,22-24,29,31,37,39,43-49,51,53-57H,3-19,21,25-28,30,32-36,38,40-42H2,1-2H3,(H,52,58)(H,59,60,61)/b23-20+,24-22-,31-29+,39-37+. The Morgan fingerprint density at radius 1 is 0.615 bits per heavy atom. The zero-order chi connectivity index (χ0) is 47.8. The molecule has 0 aliphatic carbocycles. The molecule has 1 aliphatic heterocycles. The highest BCUT2D eigenvalue weighted by molar-refractivity contribution is 7.80. The molecule has 1 saturated heterocycles. The summed E-state index contributed by atoms with van der Waals surface area (Å²) in [5.41, 5.74) is 0. The van der Waals surface area contributed by atoms with Crippen molar-refractivity contribution in [1.29, 1.82) is 0 Å². The van der Waals surface area contributed by atoms with Gasteiger partial charge in [0.25, 0.3) is 0 Å². The third kappa shape index (κ3) is 33.2. The number of hydrogen-bond acceptors (Lipinski definition) is 11. The number of allylic oxidation sites excluding steroid dienone is 7. The van der Waals surface area contributed by atoms with Gasteiger partial charge in [-0.3, -0.25) is 9.35 Å². The lowest BCUT2D eigenvalue weighted by atomic mass is 9.99. The van der Waals surface area contributed by atoms with Crippen LogP contribution in [0.4, 0.5) is 0 Å². The summed E-state index contributed by atoms with van der Waals surface area (Å²) in [5, 5.41) is 55.3. The highest BCUT2D eigenvalue weighted by atomic mass is 32.3. The number of carbonyl (C=O) groups excluding carboxylic acids is 1. The minimum Gasteiger partial charge on any atom is -0.394 e. The van der Waals surface area contributed by atoms with E-state index in [-0.39, 0.29) is 6.42 Å². The van der Waals surface area contributed by atoms with Gasteiger partial charge in [-0.15, -0.1) is 0 Å². The molecule has 13 nitrogen and oxygen atoms in total. The average molecular weight is 944 g/mol. The molecular weight excluding hydrogens is 851 g/mol. The van der Waals surface area contributed by atoms with E-state index in [0.717, 1.165) is 70.6 Å². The molecule has 0 saturated carbocycles. The van der Waals surface area contributed by atoms with Crippen LogP contribution in [0.5, 0.6) is 0 Å². The van der Waals surface area contributed by atoms with Crippen LogP contribution in [0.25, 0.3) is 0 Å². The molecule has 8 unspecified atom stereocenters. The summed E-state index contributed by atoms with van der Waals surface area (Å²) in [5.74, 6) is -0.721. The predicted molar refractivity (Wildman–Crippen MR) is 260 cm³/mol. The largest absolute Gasteiger partial charge is 0.397 e. The molecule has 380 valence electrons. The summed E-state index contributed by atoms with van der Waals surface area (Å²) in [4.78, 5) is 13.1. The lowest BCUT2D eigenvalue weighted by Gasteiger charge is -2.41. The first-order chi connectivity index (χ1) is 31.4. The van der Waals surface area contributed by atoms with Crippen LogP contribution in [0, 0.1) is 0 Å². The number of unbranched alkanes of at least 4 members (excludes halogenated alkanes) is 24. The summed E-state index contributed by atoms with van der Waals surface area (Å²) in [7, 11) is -5.13. The average Bonchev–Trinajstić information content (AvgIpc) is 3.28. The van der Waals surface area contributed by atoms with Crippen LogP contribution in [-0.2, 0) is 28.9 Å². The molecule has 1 amide bonds.